The second kappa shape index (κ2) is 10.1. The number of carbonyl (C=O) groups is 1. The van der Waals surface area contributed by atoms with Crippen LogP contribution in [0.4, 0.5) is 18.9 Å². The number of anilines is 1. The van der Waals surface area contributed by atoms with Crippen molar-refractivity contribution in [2.24, 2.45) is 0 Å². The van der Waals surface area contributed by atoms with Gasteiger partial charge in [0.05, 0.1) is 29.4 Å². The number of amides is 1. The monoisotopic (exact) mass is 473 g/mol. The predicted molar refractivity (Wildman–Crippen MR) is 115 cm³/mol. The molecule has 1 unspecified atom stereocenters. The topological polar surface area (TPSA) is 92.1 Å². The van der Waals surface area contributed by atoms with Crippen molar-refractivity contribution in [1.29, 1.82) is 0 Å². The zero-order valence-corrected chi connectivity index (χ0v) is 18.6. The summed E-state index contributed by atoms with van der Waals surface area (Å²) in [6.45, 7) is 2.29. The molecular weight excluding hydrogens is 447 g/mol. The van der Waals surface area contributed by atoms with Crippen LogP contribution in [0.3, 0.4) is 0 Å². The lowest BCUT2D eigenvalue weighted by molar-refractivity contribution is -0.00177. The van der Waals surface area contributed by atoms with Crippen molar-refractivity contribution < 1.29 is 23.1 Å². The minimum atomic E-state index is -2.58. The normalized spacial score (nSPS) is 20.2. The van der Waals surface area contributed by atoms with Gasteiger partial charge >= 0.3 is 0 Å². The third kappa shape index (κ3) is 5.92. The number of hydrogen-bond acceptors (Lipinski definition) is 5. The molecule has 11 heteroatoms. The van der Waals surface area contributed by atoms with Crippen molar-refractivity contribution >= 4 is 23.2 Å². The quantitative estimate of drug-likeness (QED) is 0.497. The van der Waals surface area contributed by atoms with Gasteiger partial charge in [-0.15, -0.1) is 0 Å². The summed E-state index contributed by atoms with van der Waals surface area (Å²) >= 11 is 6.01. The summed E-state index contributed by atoms with van der Waals surface area (Å²) in [4.78, 5) is 16.5. The molecule has 1 aliphatic carbocycles. The number of carbonyl (C=O) groups excluding carboxylic acids is 1. The molecule has 1 atom stereocenters. The van der Waals surface area contributed by atoms with E-state index in [1.807, 2.05) is 0 Å². The van der Waals surface area contributed by atoms with E-state index in [-0.39, 0.29) is 35.0 Å². The van der Waals surface area contributed by atoms with E-state index >= 15 is 0 Å². The summed E-state index contributed by atoms with van der Waals surface area (Å²) in [6.07, 6.45) is 1.13. The number of halogens is 4. The summed E-state index contributed by atoms with van der Waals surface area (Å²) in [5.74, 6) is -0.546. The van der Waals surface area contributed by atoms with E-state index in [0.717, 1.165) is 0 Å². The molecule has 0 saturated heterocycles. The summed E-state index contributed by atoms with van der Waals surface area (Å²) in [5.41, 5.74) is -1.01. The van der Waals surface area contributed by atoms with Gasteiger partial charge in [-0.2, -0.15) is 5.10 Å². The van der Waals surface area contributed by atoms with Gasteiger partial charge in [-0.3, -0.25) is 9.48 Å². The lowest BCUT2D eigenvalue weighted by atomic mass is 9.90. The lowest BCUT2D eigenvalue weighted by Gasteiger charge is -2.31. The average molecular weight is 474 g/mol. The van der Waals surface area contributed by atoms with Crippen molar-refractivity contribution in [3.05, 3.63) is 40.9 Å². The van der Waals surface area contributed by atoms with Crippen LogP contribution in [0.2, 0.25) is 5.15 Å². The van der Waals surface area contributed by atoms with Gasteiger partial charge < -0.3 is 15.7 Å². The Labute approximate surface area is 189 Å². The molecule has 0 radical (unpaired) electrons. The average Bonchev–Trinajstić information content (AvgIpc) is 3.22. The number of aliphatic hydroxyl groups is 1. The minimum absolute atomic E-state index is 0.00729. The van der Waals surface area contributed by atoms with E-state index in [0.29, 0.717) is 31.4 Å². The van der Waals surface area contributed by atoms with Crippen LogP contribution in [0.25, 0.3) is 0 Å². The SMILES string of the molecule is CC(C)(O)C(F)CNC(=O)c1cnc(Cl)cc1NC1CCC(n2nccc2C(F)F)CC1. The minimum Gasteiger partial charge on any atom is -0.387 e. The van der Waals surface area contributed by atoms with Crippen LogP contribution in [0.5, 0.6) is 0 Å². The van der Waals surface area contributed by atoms with Gasteiger partial charge in [-0.1, -0.05) is 11.6 Å². The van der Waals surface area contributed by atoms with Crippen molar-refractivity contribution in [3.63, 3.8) is 0 Å². The fourth-order valence-corrected chi connectivity index (χ4v) is 3.90. The van der Waals surface area contributed by atoms with Crippen molar-refractivity contribution in [2.75, 3.05) is 11.9 Å². The van der Waals surface area contributed by atoms with Gasteiger partial charge in [0, 0.05) is 18.4 Å². The molecule has 0 bridgehead atoms. The molecule has 7 nitrogen and oxygen atoms in total. The van der Waals surface area contributed by atoms with Crippen molar-refractivity contribution in [1.82, 2.24) is 20.1 Å². The maximum absolute atomic E-state index is 14.0. The van der Waals surface area contributed by atoms with Crippen LogP contribution in [0, 0.1) is 0 Å². The Morgan fingerprint density at radius 1 is 1.31 bits per heavy atom. The number of pyridine rings is 1. The molecular formula is C21H27ClF3N5O2. The molecule has 0 aliphatic heterocycles. The Kier molecular flexibility index (Phi) is 7.66. The predicted octanol–water partition coefficient (Wildman–Crippen LogP) is 4.30. The molecule has 0 spiro atoms. The van der Waals surface area contributed by atoms with Crippen LogP contribution in [0.15, 0.2) is 24.5 Å². The first-order chi connectivity index (χ1) is 15.1. The molecule has 1 fully saturated rings. The first-order valence-corrected chi connectivity index (χ1v) is 10.8. The molecule has 3 N–H and O–H groups in total. The third-order valence-electron chi connectivity index (χ3n) is 5.65. The van der Waals surface area contributed by atoms with Crippen molar-refractivity contribution in [3.8, 4) is 0 Å². The molecule has 0 aromatic carbocycles. The van der Waals surface area contributed by atoms with Gasteiger partial charge in [0.1, 0.15) is 17.0 Å². The van der Waals surface area contributed by atoms with Crippen LogP contribution >= 0.6 is 11.6 Å². The molecule has 3 rings (SSSR count). The van der Waals surface area contributed by atoms with Gasteiger partial charge in [0.15, 0.2) is 0 Å². The zero-order chi connectivity index (χ0) is 23.5. The highest BCUT2D eigenvalue weighted by molar-refractivity contribution is 6.29. The number of rotatable bonds is 8. The summed E-state index contributed by atoms with van der Waals surface area (Å²) in [6, 6.07) is 2.73. The van der Waals surface area contributed by atoms with E-state index in [1.54, 1.807) is 0 Å². The Hall–Kier alpha value is -2.33. The molecule has 176 valence electrons. The second-order valence-electron chi connectivity index (χ2n) is 8.53. The van der Waals surface area contributed by atoms with Gasteiger partial charge in [0.2, 0.25) is 0 Å². The first-order valence-electron chi connectivity index (χ1n) is 10.4. The number of nitrogens with zero attached hydrogens (tertiary/aromatic N) is 3. The van der Waals surface area contributed by atoms with Gasteiger partial charge in [0.25, 0.3) is 12.3 Å². The number of nitrogens with one attached hydrogen (secondary N) is 2. The molecule has 1 saturated carbocycles. The molecule has 1 amide bonds. The standard InChI is InChI=1S/C21H27ClF3N5O2/c1-21(2,32)17(23)11-27-20(31)14-10-26-18(22)9-15(14)29-12-3-5-13(6-4-12)30-16(19(24)25)7-8-28-30/h7-10,12-13,17,19,32H,3-6,11H2,1-2H3,(H,26,29)(H,27,31). The highest BCUT2D eigenvalue weighted by Gasteiger charge is 2.29. The Morgan fingerprint density at radius 2 is 2.00 bits per heavy atom. The highest BCUT2D eigenvalue weighted by Crippen LogP contribution is 2.33. The molecule has 32 heavy (non-hydrogen) atoms. The summed E-state index contributed by atoms with van der Waals surface area (Å²) in [7, 11) is 0. The van der Waals surface area contributed by atoms with E-state index in [4.69, 9.17) is 11.6 Å². The first kappa shape index (κ1) is 24.3. The fraction of sp³-hybridized carbons (Fsp3) is 0.571. The number of hydrogen-bond donors (Lipinski definition) is 3. The largest absolute Gasteiger partial charge is 0.387 e. The fourth-order valence-electron chi connectivity index (χ4n) is 3.74. The second-order valence-corrected chi connectivity index (χ2v) is 8.92. The summed E-state index contributed by atoms with van der Waals surface area (Å²) < 4.78 is 41.7. The molecule has 2 aromatic rings. The van der Waals surface area contributed by atoms with Crippen LogP contribution in [0.1, 0.15) is 68.0 Å². The number of aromatic nitrogens is 3. The third-order valence-corrected chi connectivity index (χ3v) is 5.86. The Bertz CT molecular complexity index is 926. The van der Waals surface area contributed by atoms with E-state index in [2.05, 4.69) is 20.7 Å². The van der Waals surface area contributed by atoms with E-state index < -0.39 is 24.1 Å². The highest BCUT2D eigenvalue weighted by atomic mass is 35.5. The van der Waals surface area contributed by atoms with Crippen LogP contribution < -0.4 is 10.6 Å². The Balaban J connectivity index is 1.63. The molecule has 1 aliphatic rings. The van der Waals surface area contributed by atoms with E-state index in [1.165, 1.54) is 43.1 Å². The molecule has 2 heterocycles. The number of alkyl halides is 3. The van der Waals surface area contributed by atoms with Crippen molar-refractivity contribution in [2.45, 2.75) is 69.8 Å². The van der Waals surface area contributed by atoms with Gasteiger partial charge in [-0.05, 0) is 51.7 Å². The summed E-state index contributed by atoms with van der Waals surface area (Å²) in [5, 5.41) is 19.7. The van der Waals surface area contributed by atoms with Gasteiger partial charge in [-0.25, -0.2) is 18.2 Å². The smallest absolute Gasteiger partial charge is 0.280 e. The zero-order valence-electron chi connectivity index (χ0n) is 17.9. The maximum Gasteiger partial charge on any atom is 0.280 e. The van der Waals surface area contributed by atoms with Crippen LogP contribution in [-0.2, 0) is 0 Å². The van der Waals surface area contributed by atoms with E-state index in [9.17, 15) is 23.1 Å². The Morgan fingerprint density at radius 3 is 2.62 bits per heavy atom. The molecule has 2 aromatic heterocycles. The maximum atomic E-state index is 14.0. The lowest BCUT2D eigenvalue weighted by Crippen LogP contribution is -2.42. The van der Waals surface area contributed by atoms with Crippen LogP contribution in [-0.4, -0.2) is 50.1 Å².